The Morgan fingerprint density at radius 1 is 1.42 bits per heavy atom. The minimum Gasteiger partial charge on any atom is -0.280 e. The average molecular weight is 171 g/mol. The van der Waals surface area contributed by atoms with E-state index in [0.29, 0.717) is 6.54 Å². The second kappa shape index (κ2) is 7.10. The van der Waals surface area contributed by atoms with Gasteiger partial charge in [0, 0.05) is 6.54 Å². The molecule has 0 saturated carbocycles. The summed E-state index contributed by atoms with van der Waals surface area (Å²) in [5, 5.41) is 1.29. The van der Waals surface area contributed by atoms with Crippen LogP contribution in [0.5, 0.6) is 0 Å². The minimum absolute atomic E-state index is 0.0506. The van der Waals surface area contributed by atoms with E-state index in [2.05, 4.69) is 6.92 Å². The zero-order valence-electron chi connectivity index (χ0n) is 8.05. The number of nitrogens with two attached hydrogens (primary N) is 1. The van der Waals surface area contributed by atoms with E-state index in [9.17, 15) is 4.79 Å². The molecule has 0 bridgehead atoms. The van der Waals surface area contributed by atoms with Crippen molar-refractivity contribution in [1.29, 1.82) is 0 Å². The molecule has 0 heterocycles. The van der Waals surface area contributed by atoms with Gasteiger partial charge in [0.25, 0.3) is 0 Å². The van der Waals surface area contributed by atoms with Gasteiger partial charge in [0.15, 0.2) is 0 Å². The van der Waals surface area contributed by atoms with Crippen LogP contribution in [0.1, 0.15) is 39.5 Å². The summed E-state index contributed by atoms with van der Waals surface area (Å²) in [5.74, 6) is 5.45. The first kappa shape index (κ1) is 11.4. The van der Waals surface area contributed by atoms with Crippen molar-refractivity contribution in [3.8, 4) is 0 Å². The van der Waals surface area contributed by atoms with Crippen molar-refractivity contribution < 1.29 is 4.79 Å². The molecule has 0 atom stereocenters. The van der Waals surface area contributed by atoms with E-state index in [1.54, 1.807) is 6.42 Å². The van der Waals surface area contributed by atoms with Crippen molar-refractivity contribution in [2.24, 2.45) is 5.84 Å². The normalized spacial score (nSPS) is 9.92. The highest BCUT2D eigenvalue weighted by Gasteiger charge is 2.07. The van der Waals surface area contributed by atoms with E-state index >= 15 is 0 Å². The number of rotatable bonds is 6. The fourth-order valence-electron chi connectivity index (χ4n) is 0.824. The van der Waals surface area contributed by atoms with Crippen LogP contribution in [0.2, 0.25) is 0 Å². The van der Waals surface area contributed by atoms with Crippen molar-refractivity contribution in [2.75, 3.05) is 6.54 Å². The predicted molar refractivity (Wildman–Crippen MR) is 50.0 cm³/mol. The first-order valence-electron chi connectivity index (χ1n) is 4.61. The number of amides is 1. The molecule has 3 heteroatoms. The molecule has 71 valence electrons. The van der Waals surface area contributed by atoms with Crippen LogP contribution in [0, 0.1) is 6.42 Å². The lowest BCUT2D eigenvalue weighted by atomic mass is 10.2. The van der Waals surface area contributed by atoms with Gasteiger partial charge in [-0.25, -0.2) is 5.84 Å². The lowest BCUT2D eigenvalue weighted by molar-refractivity contribution is -0.128. The molecule has 0 unspecified atom stereocenters. The highest BCUT2D eigenvalue weighted by Crippen LogP contribution is 1.97. The Morgan fingerprint density at radius 2 is 2.08 bits per heavy atom. The first-order valence-corrected chi connectivity index (χ1v) is 4.61. The minimum atomic E-state index is -0.0506. The molecule has 0 aliphatic rings. The number of hydrogen-bond donors (Lipinski definition) is 1. The fourth-order valence-corrected chi connectivity index (χ4v) is 0.824. The topological polar surface area (TPSA) is 46.3 Å². The van der Waals surface area contributed by atoms with Gasteiger partial charge in [0.1, 0.15) is 0 Å². The Kier molecular flexibility index (Phi) is 6.76. The standard InChI is InChI=1S/C9H19N2O/c1-3-5-7-9(12)11(10)8-6-4-2/h7H,3-6,8,10H2,1-2H3. The van der Waals surface area contributed by atoms with Crippen molar-refractivity contribution in [3.05, 3.63) is 6.42 Å². The maximum absolute atomic E-state index is 11.2. The van der Waals surface area contributed by atoms with Crippen LogP contribution < -0.4 is 5.84 Å². The fraction of sp³-hybridized carbons (Fsp3) is 0.778. The predicted octanol–water partition coefficient (Wildman–Crippen LogP) is 1.49. The molecule has 0 fully saturated rings. The van der Waals surface area contributed by atoms with E-state index in [0.717, 1.165) is 25.7 Å². The molecule has 0 saturated heterocycles. The number of hydrazine groups is 1. The zero-order chi connectivity index (χ0) is 9.40. The molecule has 0 aromatic carbocycles. The van der Waals surface area contributed by atoms with Gasteiger partial charge in [-0.1, -0.05) is 26.7 Å². The SMILES string of the molecule is CCC[CH]C(=O)N(N)CCCC. The molecular formula is C9H19N2O. The van der Waals surface area contributed by atoms with Gasteiger partial charge in [-0.3, -0.25) is 9.80 Å². The highest BCUT2D eigenvalue weighted by molar-refractivity contribution is 5.84. The Balaban J connectivity index is 3.47. The van der Waals surface area contributed by atoms with Crippen LogP contribution in [0.4, 0.5) is 0 Å². The highest BCUT2D eigenvalue weighted by atomic mass is 16.2. The van der Waals surface area contributed by atoms with Crippen molar-refractivity contribution in [3.63, 3.8) is 0 Å². The quantitative estimate of drug-likeness (QED) is 0.374. The molecule has 12 heavy (non-hydrogen) atoms. The van der Waals surface area contributed by atoms with Crippen LogP contribution >= 0.6 is 0 Å². The smallest absolute Gasteiger partial charge is 0.240 e. The van der Waals surface area contributed by atoms with Crippen molar-refractivity contribution in [1.82, 2.24) is 5.01 Å². The summed E-state index contributed by atoms with van der Waals surface area (Å²) in [5.41, 5.74) is 0. The van der Waals surface area contributed by atoms with E-state index in [1.165, 1.54) is 5.01 Å². The van der Waals surface area contributed by atoms with Gasteiger partial charge in [-0.05, 0) is 12.8 Å². The molecule has 0 aliphatic carbocycles. The van der Waals surface area contributed by atoms with Gasteiger partial charge in [-0.2, -0.15) is 0 Å². The average Bonchev–Trinajstić information content (AvgIpc) is 2.10. The molecular weight excluding hydrogens is 152 g/mol. The van der Waals surface area contributed by atoms with Gasteiger partial charge in [0.2, 0.25) is 5.91 Å². The third-order valence-electron chi connectivity index (χ3n) is 1.64. The lowest BCUT2D eigenvalue weighted by Gasteiger charge is -2.15. The number of hydrogen-bond acceptors (Lipinski definition) is 2. The molecule has 0 aromatic rings. The molecule has 0 rings (SSSR count). The molecule has 0 aliphatic heterocycles. The summed E-state index contributed by atoms with van der Waals surface area (Å²) in [6.07, 6.45) is 5.50. The molecule has 2 N–H and O–H groups in total. The second-order valence-electron chi connectivity index (χ2n) is 2.88. The van der Waals surface area contributed by atoms with Gasteiger partial charge < -0.3 is 0 Å². The number of unbranched alkanes of at least 4 members (excludes halogenated alkanes) is 2. The summed E-state index contributed by atoms with van der Waals surface area (Å²) in [6, 6.07) is 0. The number of nitrogens with zero attached hydrogens (tertiary/aromatic N) is 1. The molecule has 1 amide bonds. The largest absolute Gasteiger partial charge is 0.280 e. The molecule has 0 spiro atoms. The van der Waals surface area contributed by atoms with Gasteiger partial charge >= 0.3 is 0 Å². The summed E-state index contributed by atoms with van der Waals surface area (Å²) in [4.78, 5) is 11.2. The number of carbonyl (C=O) groups excluding carboxylic acids is 1. The molecule has 1 radical (unpaired) electrons. The molecule has 0 aromatic heterocycles. The van der Waals surface area contributed by atoms with Crippen LogP contribution in [-0.2, 0) is 4.79 Å². The van der Waals surface area contributed by atoms with E-state index in [1.807, 2.05) is 6.92 Å². The van der Waals surface area contributed by atoms with Crippen LogP contribution in [0.3, 0.4) is 0 Å². The monoisotopic (exact) mass is 171 g/mol. The Labute approximate surface area is 74.9 Å². The first-order chi connectivity index (χ1) is 5.72. The summed E-state index contributed by atoms with van der Waals surface area (Å²) in [6.45, 7) is 4.78. The maximum atomic E-state index is 11.2. The third-order valence-corrected chi connectivity index (χ3v) is 1.64. The second-order valence-corrected chi connectivity index (χ2v) is 2.88. The summed E-state index contributed by atoms with van der Waals surface area (Å²) < 4.78 is 0. The Morgan fingerprint density at radius 3 is 2.58 bits per heavy atom. The number of carbonyl (C=O) groups is 1. The van der Waals surface area contributed by atoms with E-state index in [-0.39, 0.29) is 5.91 Å². The van der Waals surface area contributed by atoms with Gasteiger partial charge in [-0.15, -0.1) is 0 Å². The maximum Gasteiger partial charge on any atom is 0.240 e. The van der Waals surface area contributed by atoms with Crippen LogP contribution in [0.15, 0.2) is 0 Å². The Bertz CT molecular complexity index is 126. The zero-order valence-corrected chi connectivity index (χ0v) is 8.05. The van der Waals surface area contributed by atoms with Crippen LogP contribution in [0.25, 0.3) is 0 Å². The van der Waals surface area contributed by atoms with Crippen LogP contribution in [-0.4, -0.2) is 17.5 Å². The summed E-state index contributed by atoms with van der Waals surface area (Å²) in [7, 11) is 0. The summed E-state index contributed by atoms with van der Waals surface area (Å²) >= 11 is 0. The lowest BCUT2D eigenvalue weighted by Crippen LogP contribution is -2.38. The van der Waals surface area contributed by atoms with Gasteiger partial charge in [0.05, 0.1) is 6.42 Å². The third kappa shape index (κ3) is 5.13. The molecule has 3 nitrogen and oxygen atoms in total. The van der Waals surface area contributed by atoms with E-state index < -0.39 is 0 Å². The van der Waals surface area contributed by atoms with Crippen molar-refractivity contribution in [2.45, 2.75) is 39.5 Å². The van der Waals surface area contributed by atoms with E-state index in [4.69, 9.17) is 5.84 Å². The Hall–Kier alpha value is -0.570. The van der Waals surface area contributed by atoms with Crippen molar-refractivity contribution >= 4 is 5.91 Å².